The van der Waals surface area contributed by atoms with E-state index in [2.05, 4.69) is 33.2 Å². The summed E-state index contributed by atoms with van der Waals surface area (Å²) in [7, 11) is 0. The van der Waals surface area contributed by atoms with Crippen LogP contribution >= 0.6 is 0 Å². The van der Waals surface area contributed by atoms with Crippen molar-refractivity contribution in [2.24, 2.45) is 0 Å². The van der Waals surface area contributed by atoms with Gasteiger partial charge in [-0.05, 0) is 38.7 Å². The standard InChI is InChI=1S/C24H35N5O2/c1-18-22(19(2)29(28-18)17-20-10-5-3-6-11-20)16-26-23(30)14-9-15-25-24(31)27-21-12-7-4-8-13-21/h3,5-6,10-11,21H,4,7-9,12-17H2,1-2H3,(H,26,30)(H2,25,27,31). The average Bonchev–Trinajstić information content (AvgIpc) is 3.03. The van der Waals surface area contributed by atoms with Crippen molar-refractivity contribution in [2.45, 2.75) is 77.9 Å². The van der Waals surface area contributed by atoms with Gasteiger partial charge < -0.3 is 16.0 Å². The van der Waals surface area contributed by atoms with Crippen LogP contribution in [0.15, 0.2) is 30.3 Å². The van der Waals surface area contributed by atoms with Crippen LogP contribution in [0.1, 0.15) is 67.5 Å². The molecule has 1 heterocycles. The highest BCUT2D eigenvalue weighted by atomic mass is 16.2. The monoisotopic (exact) mass is 425 g/mol. The highest BCUT2D eigenvalue weighted by Crippen LogP contribution is 2.17. The molecule has 0 bridgehead atoms. The summed E-state index contributed by atoms with van der Waals surface area (Å²) in [5.74, 6) is -0.0101. The Morgan fingerprint density at radius 3 is 2.55 bits per heavy atom. The minimum absolute atomic E-state index is 0.0101. The molecule has 1 aromatic heterocycles. The molecule has 7 heteroatoms. The van der Waals surface area contributed by atoms with Crippen molar-refractivity contribution in [3.05, 3.63) is 52.8 Å². The molecule has 1 fully saturated rings. The van der Waals surface area contributed by atoms with Crippen molar-refractivity contribution in [3.63, 3.8) is 0 Å². The lowest BCUT2D eigenvalue weighted by molar-refractivity contribution is -0.121. The minimum Gasteiger partial charge on any atom is -0.352 e. The highest BCUT2D eigenvalue weighted by Gasteiger charge is 2.15. The summed E-state index contributed by atoms with van der Waals surface area (Å²) in [5.41, 5.74) is 4.27. The van der Waals surface area contributed by atoms with Crippen molar-refractivity contribution in [1.82, 2.24) is 25.7 Å². The summed E-state index contributed by atoms with van der Waals surface area (Å²) in [6.45, 7) is 5.71. The van der Waals surface area contributed by atoms with Crippen molar-refractivity contribution in [2.75, 3.05) is 6.54 Å². The van der Waals surface area contributed by atoms with E-state index < -0.39 is 0 Å². The number of aryl methyl sites for hydroxylation is 1. The number of carbonyl (C=O) groups excluding carboxylic acids is 2. The Hall–Kier alpha value is -2.83. The van der Waals surface area contributed by atoms with Gasteiger partial charge in [-0.1, -0.05) is 49.6 Å². The largest absolute Gasteiger partial charge is 0.352 e. The number of rotatable bonds is 9. The van der Waals surface area contributed by atoms with Gasteiger partial charge >= 0.3 is 6.03 Å². The first-order chi connectivity index (χ1) is 15.0. The molecule has 1 aliphatic carbocycles. The minimum atomic E-state index is -0.121. The van der Waals surface area contributed by atoms with Gasteiger partial charge in [0.05, 0.1) is 12.2 Å². The number of hydrogen-bond acceptors (Lipinski definition) is 3. The van der Waals surface area contributed by atoms with Crippen LogP contribution in [0.3, 0.4) is 0 Å². The lowest BCUT2D eigenvalue weighted by Gasteiger charge is -2.22. The van der Waals surface area contributed by atoms with Crippen LogP contribution in [0.4, 0.5) is 4.79 Å². The average molecular weight is 426 g/mol. The molecular formula is C24H35N5O2. The Morgan fingerprint density at radius 1 is 1.06 bits per heavy atom. The third kappa shape index (κ3) is 7.12. The number of aromatic nitrogens is 2. The number of amides is 3. The molecule has 3 amide bonds. The van der Waals surface area contributed by atoms with Crippen molar-refractivity contribution < 1.29 is 9.59 Å². The summed E-state index contributed by atoms with van der Waals surface area (Å²) < 4.78 is 1.99. The number of urea groups is 1. The second-order valence-electron chi connectivity index (χ2n) is 8.41. The Bertz CT molecular complexity index is 856. The van der Waals surface area contributed by atoms with Crippen LogP contribution in [-0.4, -0.2) is 34.3 Å². The molecule has 0 radical (unpaired) electrons. The van der Waals surface area contributed by atoms with Crippen molar-refractivity contribution >= 4 is 11.9 Å². The third-order valence-corrected chi connectivity index (χ3v) is 5.98. The fourth-order valence-corrected chi connectivity index (χ4v) is 4.11. The summed E-state index contributed by atoms with van der Waals surface area (Å²) in [6, 6.07) is 10.4. The molecule has 31 heavy (non-hydrogen) atoms. The molecule has 0 atom stereocenters. The summed E-state index contributed by atoms with van der Waals surface area (Å²) in [4.78, 5) is 24.2. The Labute approximate surface area is 185 Å². The van der Waals surface area contributed by atoms with E-state index in [0.29, 0.717) is 32.0 Å². The molecule has 0 spiro atoms. The molecule has 3 rings (SSSR count). The van der Waals surface area contributed by atoms with E-state index in [1.54, 1.807) is 0 Å². The van der Waals surface area contributed by atoms with Gasteiger partial charge in [0, 0.05) is 36.8 Å². The van der Waals surface area contributed by atoms with E-state index in [0.717, 1.165) is 36.3 Å². The maximum absolute atomic E-state index is 12.2. The lowest BCUT2D eigenvalue weighted by atomic mass is 9.96. The van der Waals surface area contributed by atoms with Crippen LogP contribution in [-0.2, 0) is 17.9 Å². The van der Waals surface area contributed by atoms with E-state index in [1.807, 2.05) is 36.7 Å². The molecule has 0 saturated heterocycles. The first-order valence-electron chi connectivity index (χ1n) is 11.4. The summed E-state index contributed by atoms with van der Waals surface area (Å²) in [6.07, 6.45) is 6.79. The molecule has 168 valence electrons. The summed E-state index contributed by atoms with van der Waals surface area (Å²) in [5, 5.41) is 13.5. The van der Waals surface area contributed by atoms with Gasteiger partial charge in [0.25, 0.3) is 0 Å². The third-order valence-electron chi connectivity index (χ3n) is 5.98. The van der Waals surface area contributed by atoms with E-state index in [9.17, 15) is 9.59 Å². The summed E-state index contributed by atoms with van der Waals surface area (Å²) >= 11 is 0. The zero-order valence-corrected chi connectivity index (χ0v) is 18.7. The Balaban J connectivity index is 1.36. The second kappa shape index (κ2) is 11.5. The lowest BCUT2D eigenvalue weighted by Crippen LogP contribution is -2.43. The topological polar surface area (TPSA) is 88.1 Å². The van der Waals surface area contributed by atoms with E-state index in [1.165, 1.54) is 24.8 Å². The van der Waals surface area contributed by atoms with Gasteiger partial charge in [-0.2, -0.15) is 5.10 Å². The second-order valence-corrected chi connectivity index (χ2v) is 8.41. The fourth-order valence-electron chi connectivity index (χ4n) is 4.11. The first-order valence-corrected chi connectivity index (χ1v) is 11.4. The predicted octanol–water partition coefficient (Wildman–Crippen LogP) is 3.58. The molecule has 7 nitrogen and oxygen atoms in total. The number of nitrogens with zero attached hydrogens (tertiary/aromatic N) is 2. The molecule has 3 N–H and O–H groups in total. The number of benzene rings is 1. The van der Waals surface area contributed by atoms with Crippen molar-refractivity contribution in [3.8, 4) is 0 Å². The van der Waals surface area contributed by atoms with Gasteiger partial charge in [0.1, 0.15) is 0 Å². The van der Waals surface area contributed by atoms with Gasteiger partial charge in [-0.25, -0.2) is 4.79 Å². The van der Waals surface area contributed by atoms with Gasteiger partial charge in [0.2, 0.25) is 5.91 Å². The van der Waals surface area contributed by atoms with Crippen LogP contribution < -0.4 is 16.0 Å². The molecular weight excluding hydrogens is 390 g/mol. The Morgan fingerprint density at radius 2 is 1.81 bits per heavy atom. The number of nitrogens with one attached hydrogen (secondary N) is 3. The number of carbonyl (C=O) groups is 2. The van der Waals surface area contributed by atoms with Gasteiger partial charge in [-0.15, -0.1) is 0 Å². The van der Waals surface area contributed by atoms with Crippen LogP contribution in [0.5, 0.6) is 0 Å². The molecule has 1 aromatic carbocycles. The molecule has 1 aliphatic rings. The van der Waals surface area contributed by atoms with E-state index >= 15 is 0 Å². The normalized spacial score (nSPS) is 14.3. The zero-order valence-electron chi connectivity index (χ0n) is 18.7. The zero-order chi connectivity index (χ0) is 22.1. The van der Waals surface area contributed by atoms with Gasteiger partial charge in [0.15, 0.2) is 0 Å². The van der Waals surface area contributed by atoms with Gasteiger partial charge in [-0.3, -0.25) is 9.48 Å². The maximum Gasteiger partial charge on any atom is 0.315 e. The van der Waals surface area contributed by atoms with Crippen molar-refractivity contribution in [1.29, 1.82) is 0 Å². The van der Waals surface area contributed by atoms with E-state index in [4.69, 9.17) is 0 Å². The van der Waals surface area contributed by atoms with Crippen LogP contribution in [0.25, 0.3) is 0 Å². The molecule has 2 aromatic rings. The van der Waals surface area contributed by atoms with Crippen LogP contribution in [0.2, 0.25) is 0 Å². The smallest absolute Gasteiger partial charge is 0.315 e. The van der Waals surface area contributed by atoms with E-state index in [-0.39, 0.29) is 11.9 Å². The predicted molar refractivity (Wildman–Crippen MR) is 122 cm³/mol. The quantitative estimate of drug-likeness (QED) is 0.537. The highest BCUT2D eigenvalue weighted by molar-refractivity contribution is 5.76. The SMILES string of the molecule is Cc1nn(Cc2ccccc2)c(C)c1CNC(=O)CCCNC(=O)NC1CCCCC1. The van der Waals surface area contributed by atoms with Crippen LogP contribution in [0, 0.1) is 13.8 Å². The molecule has 1 saturated carbocycles. The Kier molecular flexibility index (Phi) is 8.50. The maximum atomic E-state index is 12.2. The fraction of sp³-hybridized carbons (Fsp3) is 0.542. The first kappa shape index (κ1) is 22.8. The number of hydrogen-bond donors (Lipinski definition) is 3. The molecule has 0 aliphatic heterocycles. The molecule has 0 unspecified atom stereocenters.